The van der Waals surface area contributed by atoms with Crippen molar-refractivity contribution in [2.24, 2.45) is 0 Å². The lowest BCUT2D eigenvalue weighted by Crippen LogP contribution is -2.16. The SMILES string of the molecule is C=C(C=C(C=C1Sc2ccc(Cl)cc2N1CC)CC)Sc1ccc(Cl)cc1NC. The molecule has 2 aromatic rings. The average Bonchev–Trinajstić information content (AvgIpc) is 3.04. The van der Waals surface area contributed by atoms with Gasteiger partial charge in [0.15, 0.2) is 0 Å². The number of nitrogens with one attached hydrogen (secondary N) is 1. The number of benzene rings is 2. The van der Waals surface area contributed by atoms with Gasteiger partial charge in [-0.2, -0.15) is 0 Å². The van der Waals surface area contributed by atoms with Crippen molar-refractivity contribution in [1.29, 1.82) is 0 Å². The second-order valence-electron chi connectivity index (χ2n) is 6.47. The van der Waals surface area contributed by atoms with Gasteiger partial charge in [-0.1, -0.05) is 60.2 Å². The molecule has 1 N–H and O–H groups in total. The molecule has 0 radical (unpaired) electrons. The van der Waals surface area contributed by atoms with Gasteiger partial charge in [0.2, 0.25) is 0 Å². The summed E-state index contributed by atoms with van der Waals surface area (Å²) in [6.07, 6.45) is 5.35. The zero-order valence-electron chi connectivity index (χ0n) is 16.8. The van der Waals surface area contributed by atoms with Crippen molar-refractivity contribution < 1.29 is 0 Å². The monoisotopic (exact) mass is 462 g/mol. The van der Waals surface area contributed by atoms with Crippen LogP contribution in [0.5, 0.6) is 0 Å². The predicted molar refractivity (Wildman–Crippen MR) is 133 cm³/mol. The molecule has 1 aliphatic heterocycles. The molecule has 0 bridgehead atoms. The van der Waals surface area contributed by atoms with Gasteiger partial charge < -0.3 is 10.2 Å². The number of halogens is 2. The summed E-state index contributed by atoms with van der Waals surface area (Å²) >= 11 is 15.7. The Labute approximate surface area is 192 Å². The highest BCUT2D eigenvalue weighted by atomic mass is 35.5. The van der Waals surface area contributed by atoms with Crippen LogP contribution in [0.2, 0.25) is 10.0 Å². The standard InChI is InChI=1S/C23H24Cl2N2S2/c1-5-16(11-15(3)28-21-9-7-17(24)13-19(21)26-4)12-23-27(6-2)20-14-18(25)8-10-22(20)29-23/h7-14,26H,3,5-6H2,1-2,4H3. The lowest BCUT2D eigenvalue weighted by atomic mass is 10.2. The fraction of sp³-hybridized carbons (Fsp3) is 0.217. The van der Waals surface area contributed by atoms with E-state index in [1.54, 1.807) is 23.5 Å². The minimum absolute atomic E-state index is 0.719. The first kappa shape index (κ1) is 22.2. The Bertz CT molecular complexity index is 983. The van der Waals surface area contributed by atoms with E-state index in [4.69, 9.17) is 23.2 Å². The van der Waals surface area contributed by atoms with E-state index in [2.05, 4.69) is 48.9 Å². The first-order chi connectivity index (χ1) is 13.9. The summed E-state index contributed by atoms with van der Waals surface area (Å²) in [4.78, 5) is 5.65. The fourth-order valence-corrected chi connectivity index (χ4v) is 5.50. The summed E-state index contributed by atoms with van der Waals surface area (Å²) in [6, 6.07) is 11.9. The van der Waals surface area contributed by atoms with Gasteiger partial charge in [-0.25, -0.2) is 0 Å². The van der Waals surface area contributed by atoms with Crippen molar-refractivity contribution in [3.8, 4) is 0 Å². The van der Waals surface area contributed by atoms with Crippen LogP contribution in [0.4, 0.5) is 11.4 Å². The molecular weight excluding hydrogens is 439 g/mol. The molecule has 2 nitrogen and oxygen atoms in total. The molecule has 1 heterocycles. The van der Waals surface area contributed by atoms with Crippen LogP contribution in [0.25, 0.3) is 0 Å². The van der Waals surface area contributed by atoms with E-state index in [1.165, 1.54) is 21.2 Å². The molecule has 0 aliphatic carbocycles. The number of allylic oxidation sites excluding steroid dienone is 3. The highest BCUT2D eigenvalue weighted by Gasteiger charge is 2.24. The van der Waals surface area contributed by atoms with E-state index < -0.39 is 0 Å². The van der Waals surface area contributed by atoms with Crippen molar-refractivity contribution in [1.82, 2.24) is 0 Å². The lowest BCUT2D eigenvalue weighted by molar-refractivity contribution is 0.997. The first-order valence-corrected chi connectivity index (χ1v) is 11.8. The molecule has 152 valence electrons. The normalized spacial score (nSPS) is 15.0. The van der Waals surface area contributed by atoms with E-state index in [1.807, 2.05) is 37.4 Å². The minimum atomic E-state index is 0.719. The van der Waals surface area contributed by atoms with Gasteiger partial charge in [0.25, 0.3) is 0 Å². The predicted octanol–water partition coefficient (Wildman–Crippen LogP) is 8.45. The highest BCUT2D eigenvalue weighted by Crippen LogP contribution is 2.47. The number of fused-ring (bicyclic) bond motifs is 1. The zero-order chi connectivity index (χ0) is 21.0. The summed E-state index contributed by atoms with van der Waals surface area (Å²) in [5.74, 6) is 0. The second kappa shape index (κ2) is 10.0. The van der Waals surface area contributed by atoms with Crippen LogP contribution in [-0.2, 0) is 0 Å². The van der Waals surface area contributed by atoms with E-state index in [0.717, 1.165) is 38.5 Å². The molecule has 0 unspecified atom stereocenters. The van der Waals surface area contributed by atoms with E-state index in [-0.39, 0.29) is 0 Å². The maximum Gasteiger partial charge on any atom is 0.0804 e. The Morgan fingerprint density at radius 2 is 1.90 bits per heavy atom. The van der Waals surface area contributed by atoms with Gasteiger partial charge in [-0.15, -0.1) is 0 Å². The summed E-state index contributed by atoms with van der Waals surface area (Å²) < 4.78 is 0. The molecule has 2 aromatic carbocycles. The molecule has 0 spiro atoms. The molecule has 0 saturated carbocycles. The van der Waals surface area contributed by atoms with Crippen LogP contribution in [0, 0.1) is 0 Å². The Morgan fingerprint density at radius 3 is 2.59 bits per heavy atom. The second-order valence-corrected chi connectivity index (χ2v) is 9.58. The van der Waals surface area contributed by atoms with Gasteiger partial charge >= 0.3 is 0 Å². The zero-order valence-corrected chi connectivity index (χ0v) is 19.9. The van der Waals surface area contributed by atoms with Gasteiger partial charge in [-0.05, 0) is 67.5 Å². The molecule has 3 rings (SSSR count). The third-order valence-electron chi connectivity index (χ3n) is 4.52. The quantitative estimate of drug-likeness (QED) is 0.327. The summed E-state index contributed by atoms with van der Waals surface area (Å²) in [7, 11) is 1.90. The third kappa shape index (κ3) is 5.37. The number of rotatable bonds is 7. The molecule has 0 amide bonds. The van der Waals surface area contributed by atoms with Crippen molar-refractivity contribution in [2.45, 2.75) is 30.1 Å². The number of anilines is 2. The van der Waals surface area contributed by atoms with Crippen LogP contribution < -0.4 is 10.2 Å². The topological polar surface area (TPSA) is 15.3 Å². The largest absolute Gasteiger partial charge is 0.387 e. The average molecular weight is 463 g/mol. The van der Waals surface area contributed by atoms with Crippen LogP contribution in [-0.4, -0.2) is 13.6 Å². The molecule has 0 saturated heterocycles. The van der Waals surface area contributed by atoms with Gasteiger partial charge in [0.05, 0.1) is 10.7 Å². The molecule has 0 aromatic heterocycles. The Hall–Kier alpha value is -1.46. The van der Waals surface area contributed by atoms with Crippen molar-refractivity contribution >= 4 is 58.1 Å². The van der Waals surface area contributed by atoms with Gasteiger partial charge in [0.1, 0.15) is 0 Å². The highest BCUT2D eigenvalue weighted by molar-refractivity contribution is 8.04. The summed E-state index contributed by atoms with van der Waals surface area (Å²) in [6.45, 7) is 9.49. The third-order valence-corrected chi connectivity index (χ3v) is 7.06. The molecular formula is C23H24Cl2N2S2. The fourth-order valence-electron chi connectivity index (χ4n) is 3.08. The van der Waals surface area contributed by atoms with Crippen molar-refractivity contribution in [2.75, 3.05) is 23.8 Å². The van der Waals surface area contributed by atoms with Gasteiger partial charge in [0, 0.05) is 44.0 Å². The van der Waals surface area contributed by atoms with E-state index in [0.29, 0.717) is 0 Å². The van der Waals surface area contributed by atoms with Crippen LogP contribution in [0.1, 0.15) is 20.3 Å². The lowest BCUT2D eigenvalue weighted by Gasteiger charge is -2.18. The maximum atomic E-state index is 6.21. The van der Waals surface area contributed by atoms with Crippen LogP contribution in [0.3, 0.4) is 0 Å². The number of thioether (sulfide) groups is 2. The molecule has 1 aliphatic rings. The maximum absolute atomic E-state index is 6.21. The van der Waals surface area contributed by atoms with E-state index in [9.17, 15) is 0 Å². The Kier molecular flexibility index (Phi) is 7.69. The van der Waals surface area contributed by atoms with Crippen LogP contribution in [0.15, 0.2) is 80.4 Å². The first-order valence-electron chi connectivity index (χ1n) is 9.46. The summed E-state index contributed by atoms with van der Waals surface area (Å²) in [5, 5.41) is 5.90. The molecule has 6 heteroatoms. The van der Waals surface area contributed by atoms with Gasteiger partial charge in [-0.3, -0.25) is 0 Å². The van der Waals surface area contributed by atoms with Crippen molar-refractivity contribution in [3.63, 3.8) is 0 Å². The molecule has 29 heavy (non-hydrogen) atoms. The van der Waals surface area contributed by atoms with Crippen LogP contribution >= 0.6 is 46.7 Å². The number of nitrogens with zero attached hydrogens (tertiary/aromatic N) is 1. The Morgan fingerprint density at radius 1 is 1.17 bits per heavy atom. The molecule has 0 atom stereocenters. The smallest absolute Gasteiger partial charge is 0.0804 e. The van der Waals surface area contributed by atoms with Crippen molar-refractivity contribution in [3.05, 3.63) is 80.7 Å². The van der Waals surface area contributed by atoms with E-state index >= 15 is 0 Å². The minimum Gasteiger partial charge on any atom is -0.387 e. The summed E-state index contributed by atoms with van der Waals surface area (Å²) in [5.41, 5.74) is 3.42. The molecule has 0 fully saturated rings. The Balaban J connectivity index is 1.82. The number of hydrogen-bond acceptors (Lipinski definition) is 4. The number of hydrogen-bond donors (Lipinski definition) is 1.